The molecule has 1 aromatic heterocycles. The van der Waals surface area contributed by atoms with Crippen LogP contribution in [0, 0.1) is 0 Å². The van der Waals surface area contributed by atoms with Crippen LogP contribution in [-0.2, 0) is 13.0 Å². The van der Waals surface area contributed by atoms with Gasteiger partial charge in [-0.3, -0.25) is 4.79 Å². The van der Waals surface area contributed by atoms with Crippen LogP contribution in [0.3, 0.4) is 0 Å². The molecule has 6 heteroatoms. The van der Waals surface area contributed by atoms with E-state index in [1.165, 1.54) is 0 Å². The Labute approximate surface area is 158 Å². The molecule has 6 nitrogen and oxygen atoms in total. The molecule has 0 saturated heterocycles. The normalized spacial score (nSPS) is 10.4. The van der Waals surface area contributed by atoms with E-state index >= 15 is 0 Å². The number of ether oxygens (including phenoxy) is 2. The van der Waals surface area contributed by atoms with Crippen LogP contribution in [0.25, 0.3) is 0 Å². The number of rotatable bonds is 8. The lowest BCUT2D eigenvalue weighted by Crippen LogP contribution is -2.25. The molecular weight excluding hydrogens is 342 g/mol. The first-order chi connectivity index (χ1) is 13.2. The Bertz CT molecular complexity index is 874. The number of benzene rings is 2. The molecule has 0 spiro atoms. The molecule has 0 aliphatic heterocycles. The van der Waals surface area contributed by atoms with Crippen molar-refractivity contribution in [3.05, 3.63) is 77.9 Å². The highest BCUT2D eigenvalue weighted by molar-refractivity contribution is 5.94. The van der Waals surface area contributed by atoms with Crippen molar-refractivity contribution in [2.24, 2.45) is 0 Å². The molecule has 3 aromatic rings. The van der Waals surface area contributed by atoms with E-state index in [0.29, 0.717) is 18.5 Å². The summed E-state index contributed by atoms with van der Waals surface area (Å²) in [7, 11) is 3.26. The molecule has 2 aromatic carbocycles. The topological polar surface area (TPSA) is 65.4 Å². The van der Waals surface area contributed by atoms with Gasteiger partial charge in [-0.05, 0) is 47.9 Å². The average molecular weight is 365 g/mol. The maximum absolute atomic E-state index is 12.4. The van der Waals surface area contributed by atoms with E-state index in [4.69, 9.17) is 9.47 Å². The number of methoxy groups -OCH3 is 2. The van der Waals surface area contributed by atoms with Gasteiger partial charge in [-0.1, -0.05) is 12.1 Å². The Hall–Kier alpha value is -3.28. The highest BCUT2D eigenvalue weighted by atomic mass is 16.5. The zero-order chi connectivity index (χ0) is 19.1. The summed E-state index contributed by atoms with van der Waals surface area (Å²) in [6, 6.07) is 13.2. The first-order valence-corrected chi connectivity index (χ1v) is 8.73. The first-order valence-electron chi connectivity index (χ1n) is 8.73. The monoisotopic (exact) mass is 365 g/mol. The highest BCUT2D eigenvalue weighted by Gasteiger charge is 2.08. The van der Waals surface area contributed by atoms with Gasteiger partial charge in [0.2, 0.25) is 0 Å². The van der Waals surface area contributed by atoms with E-state index in [1.54, 1.807) is 26.7 Å². The Kier molecular flexibility index (Phi) is 6.10. The van der Waals surface area contributed by atoms with E-state index < -0.39 is 0 Å². The molecule has 3 rings (SSSR count). The van der Waals surface area contributed by atoms with Crippen LogP contribution in [0.2, 0.25) is 0 Å². The van der Waals surface area contributed by atoms with E-state index in [0.717, 1.165) is 29.2 Å². The number of carbonyl (C=O) groups is 1. The third kappa shape index (κ3) is 4.88. The summed E-state index contributed by atoms with van der Waals surface area (Å²) in [5, 5.41) is 2.95. The second-order valence-electron chi connectivity index (χ2n) is 6.12. The smallest absolute Gasteiger partial charge is 0.251 e. The molecule has 140 valence electrons. The van der Waals surface area contributed by atoms with Gasteiger partial charge in [0, 0.05) is 31.0 Å². The average Bonchev–Trinajstić information content (AvgIpc) is 3.21. The van der Waals surface area contributed by atoms with Crippen molar-refractivity contribution in [1.29, 1.82) is 0 Å². The Morgan fingerprint density at radius 3 is 2.59 bits per heavy atom. The second-order valence-corrected chi connectivity index (χ2v) is 6.12. The number of nitrogens with zero attached hydrogens (tertiary/aromatic N) is 2. The van der Waals surface area contributed by atoms with Gasteiger partial charge in [0.25, 0.3) is 5.91 Å². The van der Waals surface area contributed by atoms with Crippen molar-refractivity contribution in [3.63, 3.8) is 0 Å². The van der Waals surface area contributed by atoms with Crippen LogP contribution in [-0.4, -0.2) is 36.2 Å². The van der Waals surface area contributed by atoms with Crippen molar-refractivity contribution < 1.29 is 14.3 Å². The number of amides is 1. The second kappa shape index (κ2) is 8.89. The van der Waals surface area contributed by atoms with Gasteiger partial charge in [-0.25, -0.2) is 4.98 Å². The molecule has 0 aliphatic carbocycles. The van der Waals surface area contributed by atoms with Gasteiger partial charge in [0.1, 0.15) is 11.5 Å². The van der Waals surface area contributed by atoms with Gasteiger partial charge in [-0.2, -0.15) is 0 Å². The maximum Gasteiger partial charge on any atom is 0.251 e. The van der Waals surface area contributed by atoms with Crippen LogP contribution in [0.15, 0.2) is 61.2 Å². The minimum Gasteiger partial charge on any atom is -0.497 e. The minimum absolute atomic E-state index is 0.0916. The predicted octanol–water partition coefficient (Wildman–Crippen LogP) is 2.92. The molecule has 27 heavy (non-hydrogen) atoms. The molecule has 1 amide bonds. The standard InChI is InChI=1S/C21H23N3O3/c1-26-19-7-8-20(27-2)18(13-19)9-10-23-21(25)17-5-3-16(4-6-17)14-24-12-11-22-15-24/h3-8,11-13,15H,9-10,14H2,1-2H3,(H,23,25). The lowest BCUT2D eigenvalue weighted by molar-refractivity contribution is 0.0954. The lowest BCUT2D eigenvalue weighted by atomic mass is 10.1. The van der Waals surface area contributed by atoms with E-state index in [-0.39, 0.29) is 5.91 Å². The number of imidazole rings is 1. The SMILES string of the molecule is COc1ccc(OC)c(CCNC(=O)c2ccc(Cn3ccnc3)cc2)c1. The summed E-state index contributed by atoms with van der Waals surface area (Å²) >= 11 is 0. The van der Waals surface area contributed by atoms with Crippen LogP contribution in [0.1, 0.15) is 21.5 Å². The summed E-state index contributed by atoms with van der Waals surface area (Å²) in [6.45, 7) is 1.25. The number of carbonyl (C=O) groups excluding carboxylic acids is 1. The lowest BCUT2D eigenvalue weighted by Gasteiger charge is -2.11. The molecule has 0 unspecified atom stereocenters. The van der Waals surface area contributed by atoms with Crippen LogP contribution < -0.4 is 14.8 Å². The molecular formula is C21H23N3O3. The van der Waals surface area contributed by atoms with Crippen molar-refractivity contribution in [2.75, 3.05) is 20.8 Å². The number of hydrogen-bond acceptors (Lipinski definition) is 4. The van der Waals surface area contributed by atoms with Gasteiger partial charge < -0.3 is 19.4 Å². The first kappa shape index (κ1) is 18.5. The molecule has 0 radical (unpaired) electrons. The van der Waals surface area contributed by atoms with Crippen molar-refractivity contribution >= 4 is 5.91 Å². The third-order valence-corrected chi connectivity index (χ3v) is 4.31. The maximum atomic E-state index is 12.4. The zero-order valence-corrected chi connectivity index (χ0v) is 15.5. The Balaban J connectivity index is 1.55. The number of nitrogens with one attached hydrogen (secondary N) is 1. The molecule has 0 atom stereocenters. The fraction of sp³-hybridized carbons (Fsp3) is 0.238. The third-order valence-electron chi connectivity index (χ3n) is 4.31. The van der Waals surface area contributed by atoms with Crippen molar-refractivity contribution in [1.82, 2.24) is 14.9 Å². The van der Waals surface area contributed by atoms with Crippen molar-refractivity contribution in [3.8, 4) is 11.5 Å². The van der Waals surface area contributed by atoms with Crippen LogP contribution in [0.4, 0.5) is 0 Å². The number of aromatic nitrogens is 2. The molecule has 0 saturated carbocycles. The van der Waals surface area contributed by atoms with E-state index in [2.05, 4.69) is 10.3 Å². The molecule has 0 bridgehead atoms. The van der Waals surface area contributed by atoms with Crippen LogP contribution >= 0.6 is 0 Å². The number of hydrogen-bond donors (Lipinski definition) is 1. The van der Waals surface area contributed by atoms with Crippen LogP contribution in [0.5, 0.6) is 11.5 Å². The molecule has 0 fully saturated rings. The fourth-order valence-corrected chi connectivity index (χ4v) is 2.84. The molecule has 0 aliphatic rings. The fourth-order valence-electron chi connectivity index (χ4n) is 2.84. The summed E-state index contributed by atoms with van der Waals surface area (Å²) in [6.07, 6.45) is 6.09. The van der Waals surface area contributed by atoms with Gasteiger partial charge in [0.15, 0.2) is 0 Å². The van der Waals surface area contributed by atoms with E-state index in [1.807, 2.05) is 53.2 Å². The predicted molar refractivity (Wildman–Crippen MR) is 103 cm³/mol. The quantitative estimate of drug-likeness (QED) is 0.667. The zero-order valence-electron chi connectivity index (χ0n) is 15.5. The van der Waals surface area contributed by atoms with Crippen molar-refractivity contribution in [2.45, 2.75) is 13.0 Å². The largest absolute Gasteiger partial charge is 0.497 e. The van der Waals surface area contributed by atoms with E-state index in [9.17, 15) is 4.79 Å². The summed E-state index contributed by atoms with van der Waals surface area (Å²) in [4.78, 5) is 16.4. The molecule has 1 heterocycles. The Morgan fingerprint density at radius 1 is 1.11 bits per heavy atom. The highest BCUT2D eigenvalue weighted by Crippen LogP contribution is 2.24. The summed E-state index contributed by atoms with van der Waals surface area (Å²) < 4.78 is 12.6. The van der Waals surface area contributed by atoms with Gasteiger partial charge in [-0.15, -0.1) is 0 Å². The Morgan fingerprint density at radius 2 is 1.93 bits per heavy atom. The summed E-state index contributed by atoms with van der Waals surface area (Å²) in [5.74, 6) is 1.46. The molecule has 1 N–H and O–H groups in total. The minimum atomic E-state index is -0.0916. The van der Waals surface area contributed by atoms with Gasteiger partial charge >= 0.3 is 0 Å². The van der Waals surface area contributed by atoms with Gasteiger partial charge in [0.05, 0.1) is 20.5 Å². The summed E-state index contributed by atoms with van der Waals surface area (Å²) in [5.41, 5.74) is 2.75.